The Labute approximate surface area is 108 Å². The molecule has 1 rings (SSSR count). The molecule has 0 aromatic heterocycles. The first-order valence-corrected chi connectivity index (χ1v) is 6.08. The average molecular weight is 264 g/mol. The van der Waals surface area contributed by atoms with Gasteiger partial charge >= 0.3 is 0 Å². The Morgan fingerprint density at radius 1 is 0.889 bits per heavy atom. The molecule has 0 saturated carbocycles. The van der Waals surface area contributed by atoms with E-state index in [1.54, 1.807) is 27.7 Å². The van der Waals surface area contributed by atoms with Crippen LogP contribution in [-0.2, 0) is 18.9 Å². The van der Waals surface area contributed by atoms with Gasteiger partial charge in [0, 0.05) is 14.2 Å². The SMILES string of the molecule is COC1(C(C)O)OC(C)C(OC)(C(C)O)OC1C. The summed E-state index contributed by atoms with van der Waals surface area (Å²) < 4.78 is 22.2. The largest absolute Gasteiger partial charge is 0.388 e. The van der Waals surface area contributed by atoms with Gasteiger partial charge in [-0.1, -0.05) is 0 Å². The zero-order chi connectivity index (χ0) is 14.1. The summed E-state index contributed by atoms with van der Waals surface area (Å²) in [6.45, 7) is 6.55. The van der Waals surface area contributed by atoms with Gasteiger partial charge in [-0.15, -0.1) is 0 Å². The second-order valence-corrected chi connectivity index (χ2v) is 4.72. The van der Waals surface area contributed by atoms with Crippen LogP contribution in [0.2, 0.25) is 0 Å². The van der Waals surface area contributed by atoms with Gasteiger partial charge in [0.25, 0.3) is 0 Å². The van der Waals surface area contributed by atoms with E-state index in [4.69, 9.17) is 18.9 Å². The second-order valence-electron chi connectivity index (χ2n) is 4.72. The van der Waals surface area contributed by atoms with Crippen molar-refractivity contribution in [1.82, 2.24) is 0 Å². The van der Waals surface area contributed by atoms with E-state index in [0.717, 1.165) is 0 Å². The van der Waals surface area contributed by atoms with Crippen LogP contribution in [0, 0.1) is 0 Å². The minimum Gasteiger partial charge on any atom is -0.388 e. The van der Waals surface area contributed by atoms with E-state index < -0.39 is 36.0 Å². The highest BCUT2D eigenvalue weighted by atomic mass is 16.8. The summed E-state index contributed by atoms with van der Waals surface area (Å²) in [7, 11) is 2.89. The fraction of sp³-hybridized carbons (Fsp3) is 1.00. The summed E-state index contributed by atoms with van der Waals surface area (Å²) in [5.41, 5.74) is 0. The first-order valence-electron chi connectivity index (χ1n) is 6.08. The zero-order valence-electron chi connectivity index (χ0n) is 11.8. The Morgan fingerprint density at radius 3 is 1.33 bits per heavy atom. The molecule has 0 radical (unpaired) electrons. The van der Waals surface area contributed by atoms with Gasteiger partial charge in [-0.2, -0.15) is 0 Å². The topological polar surface area (TPSA) is 77.4 Å². The highest BCUT2D eigenvalue weighted by Crippen LogP contribution is 2.40. The highest BCUT2D eigenvalue weighted by molar-refractivity contribution is 4.96. The predicted octanol–water partition coefficient (Wildman–Crippen LogP) is 0.257. The van der Waals surface area contributed by atoms with Gasteiger partial charge in [0.2, 0.25) is 11.6 Å². The maximum Gasteiger partial charge on any atom is 0.221 e. The Bertz CT molecular complexity index is 254. The van der Waals surface area contributed by atoms with Gasteiger partial charge in [-0.25, -0.2) is 0 Å². The molecule has 6 nitrogen and oxygen atoms in total. The number of rotatable bonds is 4. The van der Waals surface area contributed by atoms with Gasteiger partial charge in [-0.3, -0.25) is 0 Å². The fourth-order valence-electron chi connectivity index (χ4n) is 2.55. The van der Waals surface area contributed by atoms with Gasteiger partial charge < -0.3 is 29.2 Å². The molecular formula is C12H24O6. The monoisotopic (exact) mass is 264 g/mol. The van der Waals surface area contributed by atoms with Crippen LogP contribution < -0.4 is 0 Å². The zero-order valence-corrected chi connectivity index (χ0v) is 11.8. The average Bonchev–Trinajstić information content (AvgIpc) is 2.30. The summed E-state index contributed by atoms with van der Waals surface area (Å²) in [4.78, 5) is 0. The van der Waals surface area contributed by atoms with Crippen LogP contribution in [0.5, 0.6) is 0 Å². The number of ether oxygens (including phenoxy) is 4. The first kappa shape index (κ1) is 15.8. The number of hydrogen-bond acceptors (Lipinski definition) is 6. The molecule has 6 heteroatoms. The summed E-state index contributed by atoms with van der Waals surface area (Å²) in [5, 5.41) is 19.7. The Kier molecular flexibility index (Phi) is 4.75. The Hall–Kier alpha value is -0.240. The van der Waals surface area contributed by atoms with Crippen LogP contribution >= 0.6 is 0 Å². The van der Waals surface area contributed by atoms with Crippen molar-refractivity contribution < 1.29 is 29.2 Å². The van der Waals surface area contributed by atoms with Gasteiger partial charge in [0.05, 0.1) is 0 Å². The lowest BCUT2D eigenvalue weighted by Crippen LogP contribution is -2.70. The summed E-state index contributed by atoms with van der Waals surface area (Å²) in [5.74, 6) is -2.54. The maximum atomic E-state index is 9.86. The molecule has 1 heterocycles. The Morgan fingerprint density at radius 2 is 1.17 bits per heavy atom. The van der Waals surface area contributed by atoms with Crippen molar-refractivity contribution in [2.45, 2.75) is 63.7 Å². The molecule has 1 aliphatic rings. The van der Waals surface area contributed by atoms with Crippen LogP contribution in [-0.4, -0.2) is 60.4 Å². The van der Waals surface area contributed by atoms with Crippen molar-refractivity contribution in [3.8, 4) is 0 Å². The number of hydrogen-bond donors (Lipinski definition) is 2. The number of aliphatic hydroxyl groups is 2. The first-order chi connectivity index (χ1) is 8.26. The van der Waals surface area contributed by atoms with Crippen LogP contribution in [0.25, 0.3) is 0 Å². The highest BCUT2D eigenvalue weighted by Gasteiger charge is 2.58. The minimum absolute atomic E-state index is 0.603. The van der Waals surface area contributed by atoms with E-state index in [1.165, 1.54) is 14.2 Å². The molecule has 1 fully saturated rings. The molecule has 0 aromatic rings. The lowest BCUT2D eigenvalue weighted by Gasteiger charge is -2.53. The molecule has 2 N–H and O–H groups in total. The molecule has 0 spiro atoms. The summed E-state index contributed by atoms with van der Waals surface area (Å²) >= 11 is 0. The summed E-state index contributed by atoms with van der Waals surface area (Å²) in [6.07, 6.45) is -2.98. The van der Waals surface area contributed by atoms with Crippen molar-refractivity contribution in [3.63, 3.8) is 0 Å². The van der Waals surface area contributed by atoms with Crippen LogP contribution in [0.3, 0.4) is 0 Å². The number of methoxy groups -OCH3 is 2. The van der Waals surface area contributed by atoms with Crippen molar-refractivity contribution in [1.29, 1.82) is 0 Å². The molecule has 18 heavy (non-hydrogen) atoms. The minimum atomic E-state index is -1.27. The van der Waals surface area contributed by atoms with E-state index >= 15 is 0 Å². The molecule has 0 aromatic carbocycles. The van der Waals surface area contributed by atoms with E-state index in [0.29, 0.717) is 0 Å². The van der Waals surface area contributed by atoms with Crippen LogP contribution in [0.15, 0.2) is 0 Å². The quantitative estimate of drug-likeness (QED) is 0.758. The molecule has 108 valence electrons. The summed E-state index contributed by atoms with van der Waals surface area (Å²) in [6, 6.07) is 0. The van der Waals surface area contributed by atoms with Crippen molar-refractivity contribution >= 4 is 0 Å². The molecule has 6 unspecified atom stereocenters. The molecule has 0 bridgehead atoms. The van der Waals surface area contributed by atoms with Gasteiger partial charge in [0.1, 0.15) is 24.4 Å². The van der Waals surface area contributed by atoms with Gasteiger partial charge in [-0.05, 0) is 27.7 Å². The molecular weight excluding hydrogens is 240 g/mol. The van der Waals surface area contributed by atoms with Crippen molar-refractivity contribution in [2.75, 3.05) is 14.2 Å². The fourth-order valence-corrected chi connectivity index (χ4v) is 2.55. The standard InChI is InChI=1S/C12H24O6/c1-7(13)11(15-5)9(3)18-12(16-6,8(2)14)10(4)17-11/h7-10,13-14H,1-6H3. The van der Waals surface area contributed by atoms with Crippen molar-refractivity contribution in [3.05, 3.63) is 0 Å². The number of aliphatic hydroxyl groups excluding tert-OH is 2. The lowest BCUT2D eigenvalue weighted by molar-refractivity contribution is -0.453. The Balaban J connectivity index is 3.08. The normalized spacial score (nSPS) is 44.7. The van der Waals surface area contributed by atoms with Crippen molar-refractivity contribution in [2.24, 2.45) is 0 Å². The lowest BCUT2D eigenvalue weighted by atomic mass is 9.97. The molecule has 6 atom stereocenters. The van der Waals surface area contributed by atoms with E-state index in [9.17, 15) is 10.2 Å². The third-order valence-corrected chi connectivity index (χ3v) is 3.66. The third-order valence-electron chi connectivity index (χ3n) is 3.66. The molecule has 1 saturated heterocycles. The van der Waals surface area contributed by atoms with E-state index in [-0.39, 0.29) is 0 Å². The smallest absolute Gasteiger partial charge is 0.221 e. The van der Waals surface area contributed by atoms with E-state index in [2.05, 4.69) is 0 Å². The van der Waals surface area contributed by atoms with E-state index in [1.807, 2.05) is 0 Å². The predicted molar refractivity (Wildman–Crippen MR) is 63.9 cm³/mol. The second kappa shape index (κ2) is 5.40. The maximum absolute atomic E-state index is 9.86. The van der Waals surface area contributed by atoms with Crippen LogP contribution in [0.1, 0.15) is 27.7 Å². The molecule has 0 aliphatic carbocycles. The molecule has 0 amide bonds. The molecule has 1 aliphatic heterocycles. The third kappa shape index (κ3) is 2.17. The van der Waals surface area contributed by atoms with Crippen LogP contribution in [0.4, 0.5) is 0 Å². The van der Waals surface area contributed by atoms with Gasteiger partial charge in [0.15, 0.2) is 0 Å².